The van der Waals surface area contributed by atoms with Crippen LogP contribution in [0.25, 0.3) is 33.4 Å². The van der Waals surface area contributed by atoms with Gasteiger partial charge in [-0.1, -0.05) is 13.0 Å². The number of fused-ring (bicyclic) bond motifs is 1. The van der Waals surface area contributed by atoms with Crippen LogP contribution in [-0.4, -0.2) is 32.8 Å². The lowest BCUT2D eigenvalue weighted by molar-refractivity contribution is -0.0500. The smallest absolute Gasteiger partial charge is 0.465 e. The first-order valence-corrected chi connectivity index (χ1v) is 12.8. The van der Waals surface area contributed by atoms with Gasteiger partial charge in [0.2, 0.25) is 0 Å². The van der Waals surface area contributed by atoms with Crippen molar-refractivity contribution in [3.05, 3.63) is 77.1 Å². The Morgan fingerprint density at radius 2 is 1.62 bits per heavy atom. The zero-order chi connectivity index (χ0) is 28.7. The molecule has 4 aromatic rings. The molecule has 0 amide bonds. The van der Waals surface area contributed by atoms with Gasteiger partial charge >= 0.3 is 21.6 Å². The van der Waals surface area contributed by atoms with Crippen LogP contribution in [0.1, 0.15) is 39.6 Å². The summed E-state index contributed by atoms with van der Waals surface area (Å²) in [6.45, 7) is 3.14. The van der Waals surface area contributed by atoms with E-state index in [0.717, 1.165) is 19.2 Å². The molecule has 0 aliphatic heterocycles. The molecule has 0 bridgehead atoms. The van der Waals surface area contributed by atoms with E-state index in [1.54, 1.807) is 25.1 Å². The summed E-state index contributed by atoms with van der Waals surface area (Å²) in [5, 5.41) is 0.415. The Morgan fingerprint density at radius 1 is 0.974 bits per heavy atom. The molecule has 0 N–H and O–H groups in total. The van der Waals surface area contributed by atoms with Crippen LogP contribution >= 0.6 is 0 Å². The van der Waals surface area contributed by atoms with Crippen LogP contribution in [0.2, 0.25) is 0 Å². The quantitative estimate of drug-likeness (QED) is 0.0798. The highest BCUT2D eigenvalue weighted by Crippen LogP contribution is 2.39. The molecular weight excluding hydrogens is 544 g/mol. The van der Waals surface area contributed by atoms with Gasteiger partial charge in [0.05, 0.1) is 12.7 Å². The SMILES string of the molecule is CCC(=O)c1c(-c2ccc(F)cc2)oc2ccc(-c3cc(C(=O)OC)c(OS(=O)(=O)C(F)(F)F)cc3C)cc12. The molecule has 0 fully saturated rings. The summed E-state index contributed by atoms with van der Waals surface area (Å²) in [5.74, 6) is -2.47. The van der Waals surface area contributed by atoms with Crippen LogP contribution in [0.5, 0.6) is 5.75 Å². The van der Waals surface area contributed by atoms with Crippen molar-refractivity contribution in [2.75, 3.05) is 7.11 Å². The van der Waals surface area contributed by atoms with E-state index in [1.165, 1.54) is 31.2 Å². The van der Waals surface area contributed by atoms with Gasteiger partial charge in [-0.15, -0.1) is 0 Å². The van der Waals surface area contributed by atoms with Crippen LogP contribution in [0.4, 0.5) is 17.6 Å². The van der Waals surface area contributed by atoms with E-state index >= 15 is 0 Å². The van der Waals surface area contributed by atoms with E-state index in [-0.39, 0.29) is 29.1 Å². The van der Waals surface area contributed by atoms with Crippen molar-refractivity contribution in [3.63, 3.8) is 0 Å². The first kappa shape index (κ1) is 27.8. The van der Waals surface area contributed by atoms with E-state index < -0.39 is 38.7 Å². The third-order valence-electron chi connectivity index (χ3n) is 5.92. The number of ketones is 1. The fourth-order valence-corrected chi connectivity index (χ4v) is 4.49. The highest BCUT2D eigenvalue weighted by atomic mass is 32.2. The second-order valence-electron chi connectivity index (χ2n) is 8.44. The van der Waals surface area contributed by atoms with E-state index in [2.05, 4.69) is 8.92 Å². The van der Waals surface area contributed by atoms with Gasteiger partial charge in [-0.3, -0.25) is 4.79 Å². The monoisotopic (exact) mass is 564 g/mol. The summed E-state index contributed by atoms with van der Waals surface area (Å²) in [5.41, 5.74) is -4.18. The lowest BCUT2D eigenvalue weighted by Crippen LogP contribution is -2.28. The molecule has 0 spiro atoms. The van der Waals surface area contributed by atoms with Crippen LogP contribution in [0.3, 0.4) is 0 Å². The van der Waals surface area contributed by atoms with Crippen molar-refractivity contribution >= 4 is 32.8 Å². The number of hydrogen-bond acceptors (Lipinski definition) is 7. The van der Waals surface area contributed by atoms with Crippen molar-refractivity contribution < 1.29 is 48.9 Å². The molecule has 4 rings (SSSR count). The predicted octanol–water partition coefficient (Wildman–Crippen LogP) is 6.82. The Morgan fingerprint density at radius 3 is 2.21 bits per heavy atom. The van der Waals surface area contributed by atoms with Gasteiger partial charge in [-0.25, -0.2) is 9.18 Å². The molecule has 0 saturated heterocycles. The fraction of sp³-hybridized carbons (Fsp3) is 0.185. The van der Waals surface area contributed by atoms with Crippen LogP contribution in [-0.2, 0) is 14.9 Å². The number of furan rings is 1. The van der Waals surface area contributed by atoms with Crippen LogP contribution in [0.15, 0.2) is 59.0 Å². The number of esters is 1. The third-order valence-corrected chi connectivity index (χ3v) is 6.89. The number of halogens is 4. The number of ether oxygens (including phenoxy) is 1. The maximum atomic E-state index is 13.5. The molecule has 3 aromatic carbocycles. The van der Waals surface area contributed by atoms with Gasteiger partial charge in [0.1, 0.15) is 22.7 Å². The van der Waals surface area contributed by atoms with Gasteiger partial charge in [-0.05, 0) is 72.1 Å². The number of alkyl halides is 3. The van der Waals surface area contributed by atoms with Gasteiger partial charge < -0.3 is 13.3 Å². The summed E-state index contributed by atoms with van der Waals surface area (Å²) in [4.78, 5) is 25.3. The minimum absolute atomic E-state index is 0.137. The minimum atomic E-state index is -6.06. The minimum Gasteiger partial charge on any atom is -0.465 e. The molecule has 7 nitrogen and oxygen atoms in total. The van der Waals surface area contributed by atoms with Crippen molar-refractivity contribution in [2.45, 2.75) is 25.8 Å². The first-order valence-electron chi connectivity index (χ1n) is 11.4. The zero-order valence-corrected chi connectivity index (χ0v) is 21.5. The van der Waals surface area contributed by atoms with E-state index in [9.17, 15) is 35.6 Å². The average Bonchev–Trinajstić information content (AvgIpc) is 3.26. The molecule has 0 saturated carbocycles. The van der Waals surface area contributed by atoms with Crippen molar-refractivity contribution in [1.29, 1.82) is 0 Å². The summed E-state index contributed by atoms with van der Waals surface area (Å²) in [7, 11) is -5.09. The molecule has 0 atom stereocenters. The number of hydrogen-bond donors (Lipinski definition) is 0. The number of carbonyl (C=O) groups is 2. The Balaban J connectivity index is 1.91. The molecule has 1 aromatic heterocycles. The Kier molecular flexibility index (Phi) is 7.26. The molecule has 1 heterocycles. The molecule has 0 radical (unpaired) electrons. The maximum absolute atomic E-state index is 13.5. The number of carbonyl (C=O) groups excluding carboxylic acids is 2. The van der Waals surface area contributed by atoms with Gasteiger partial charge in [-0.2, -0.15) is 21.6 Å². The van der Waals surface area contributed by atoms with E-state index in [0.29, 0.717) is 27.7 Å². The number of benzene rings is 3. The molecule has 39 heavy (non-hydrogen) atoms. The maximum Gasteiger partial charge on any atom is 0.534 e. The lowest BCUT2D eigenvalue weighted by atomic mass is 9.94. The number of aryl methyl sites for hydroxylation is 1. The number of methoxy groups -OCH3 is 1. The van der Waals surface area contributed by atoms with Crippen LogP contribution in [0, 0.1) is 12.7 Å². The third kappa shape index (κ3) is 5.24. The van der Waals surface area contributed by atoms with Gasteiger partial charge in [0.25, 0.3) is 0 Å². The van der Waals surface area contributed by atoms with Crippen LogP contribution < -0.4 is 4.18 Å². The Labute approximate surface area is 220 Å². The van der Waals surface area contributed by atoms with Gasteiger partial charge in [0.15, 0.2) is 11.5 Å². The van der Waals surface area contributed by atoms with E-state index in [4.69, 9.17) is 4.42 Å². The number of Topliss-reactive ketones (excluding diaryl/α,β-unsaturated/α-hetero) is 1. The standard InChI is InChI=1S/C27H20F4O7S/c1-4-21(32)24-19-12-16(7-10-22(19)37-25(24)15-5-8-17(28)9-6-15)18-13-20(26(33)36-3)23(11-14(18)2)38-39(34,35)27(29,30)31/h5-13H,4H2,1-3H3. The first-order chi connectivity index (χ1) is 18.3. The summed E-state index contributed by atoms with van der Waals surface area (Å²) in [6, 6.07) is 12.3. The normalized spacial score (nSPS) is 12.0. The topological polar surface area (TPSA) is 99.9 Å². The van der Waals surface area contributed by atoms with Crippen molar-refractivity contribution in [1.82, 2.24) is 0 Å². The molecule has 204 valence electrons. The highest BCUT2D eigenvalue weighted by Gasteiger charge is 2.49. The number of rotatable bonds is 7. The van der Waals surface area contributed by atoms with E-state index in [1.807, 2.05) is 0 Å². The summed E-state index contributed by atoms with van der Waals surface area (Å²) in [6.07, 6.45) is 0.137. The fourth-order valence-electron chi connectivity index (χ4n) is 4.02. The van der Waals surface area contributed by atoms with Crippen molar-refractivity contribution in [3.8, 4) is 28.2 Å². The molecule has 12 heteroatoms. The molecular formula is C27H20F4O7S. The summed E-state index contributed by atoms with van der Waals surface area (Å²) < 4.78 is 90.3. The predicted molar refractivity (Wildman–Crippen MR) is 133 cm³/mol. The second-order valence-corrected chi connectivity index (χ2v) is 9.98. The second kappa shape index (κ2) is 10.2. The molecule has 0 aliphatic rings. The van der Waals surface area contributed by atoms with Gasteiger partial charge in [0, 0.05) is 17.4 Å². The highest BCUT2D eigenvalue weighted by molar-refractivity contribution is 7.88. The Bertz CT molecular complexity index is 1700. The molecule has 0 unspecified atom stereocenters. The summed E-state index contributed by atoms with van der Waals surface area (Å²) >= 11 is 0. The zero-order valence-electron chi connectivity index (χ0n) is 20.7. The Hall–Kier alpha value is -4.19. The average molecular weight is 565 g/mol. The molecule has 0 aliphatic carbocycles. The van der Waals surface area contributed by atoms with Crippen molar-refractivity contribution in [2.24, 2.45) is 0 Å². The largest absolute Gasteiger partial charge is 0.534 e. The lowest BCUT2D eigenvalue weighted by Gasteiger charge is -2.15.